The number of carbonyl (C=O) groups excluding carboxylic acids is 2. The molecule has 7 heteroatoms. The SMILES string of the molecule is CC(C)[C@H](CC(=O)NC(CC(=O)O)C1CCC1)NC(=O)OCC1c2ccccc2-c2ccccc21. The van der Waals surface area contributed by atoms with Gasteiger partial charge in [0.2, 0.25) is 5.91 Å². The fraction of sp³-hybridized carbons (Fsp3) is 0.464. The third-order valence-corrected chi connectivity index (χ3v) is 7.32. The molecule has 0 aromatic heterocycles. The fourth-order valence-electron chi connectivity index (χ4n) is 5.08. The molecule has 4 rings (SSSR count). The van der Waals surface area contributed by atoms with Crippen LogP contribution in [0.15, 0.2) is 48.5 Å². The molecule has 0 heterocycles. The first-order valence-corrected chi connectivity index (χ1v) is 12.5. The van der Waals surface area contributed by atoms with E-state index in [9.17, 15) is 19.5 Å². The quantitative estimate of drug-likeness (QED) is 0.459. The molecule has 35 heavy (non-hydrogen) atoms. The van der Waals surface area contributed by atoms with Gasteiger partial charge in [-0.25, -0.2) is 4.79 Å². The van der Waals surface area contributed by atoms with Gasteiger partial charge in [0.15, 0.2) is 0 Å². The summed E-state index contributed by atoms with van der Waals surface area (Å²) in [5.41, 5.74) is 4.61. The summed E-state index contributed by atoms with van der Waals surface area (Å²) in [6, 6.07) is 15.5. The second-order valence-electron chi connectivity index (χ2n) is 9.99. The first-order chi connectivity index (χ1) is 16.8. The molecule has 1 fully saturated rings. The summed E-state index contributed by atoms with van der Waals surface area (Å²) in [7, 11) is 0. The van der Waals surface area contributed by atoms with Gasteiger partial charge >= 0.3 is 12.1 Å². The normalized spacial score (nSPS) is 16.5. The molecule has 0 bridgehead atoms. The molecule has 0 aliphatic heterocycles. The molecule has 1 saturated carbocycles. The number of carboxylic acid groups (broad SMARTS) is 1. The highest BCUT2D eigenvalue weighted by atomic mass is 16.5. The number of hydrogen-bond donors (Lipinski definition) is 3. The number of ether oxygens (including phenoxy) is 1. The molecule has 2 aliphatic carbocycles. The first-order valence-electron chi connectivity index (χ1n) is 12.5. The predicted molar refractivity (Wildman–Crippen MR) is 133 cm³/mol. The van der Waals surface area contributed by atoms with Crippen LogP contribution in [0.25, 0.3) is 11.1 Å². The minimum Gasteiger partial charge on any atom is -0.481 e. The highest BCUT2D eigenvalue weighted by molar-refractivity contribution is 5.80. The van der Waals surface area contributed by atoms with Crippen molar-refractivity contribution in [3.63, 3.8) is 0 Å². The molecule has 3 N–H and O–H groups in total. The summed E-state index contributed by atoms with van der Waals surface area (Å²) in [4.78, 5) is 36.7. The Balaban J connectivity index is 1.34. The molecule has 2 atom stereocenters. The summed E-state index contributed by atoms with van der Waals surface area (Å²) in [5.74, 6) is -0.987. The Kier molecular flexibility index (Phi) is 7.73. The average molecular weight is 479 g/mol. The van der Waals surface area contributed by atoms with Crippen LogP contribution in [0.5, 0.6) is 0 Å². The Morgan fingerprint density at radius 1 is 0.943 bits per heavy atom. The van der Waals surface area contributed by atoms with Crippen molar-refractivity contribution < 1.29 is 24.2 Å². The second kappa shape index (κ2) is 10.9. The lowest BCUT2D eigenvalue weighted by Gasteiger charge is -2.34. The van der Waals surface area contributed by atoms with Crippen LogP contribution in [0.2, 0.25) is 0 Å². The number of nitrogens with one attached hydrogen (secondary N) is 2. The van der Waals surface area contributed by atoms with E-state index < -0.39 is 18.1 Å². The number of carbonyl (C=O) groups is 3. The molecule has 2 amide bonds. The van der Waals surface area contributed by atoms with E-state index in [0.717, 1.165) is 41.5 Å². The van der Waals surface area contributed by atoms with Gasteiger partial charge in [0.25, 0.3) is 0 Å². The van der Waals surface area contributed by atoms with E-state index in [1.54, 1.807) is 0 Å². The van der Waals surface area contributed by atoms with Crippen LogP contribution in [0.4, 0.5) is 4.79 Å². The van der Waals surface area contributed by atoms with Crippen molar-refractivity contribution in [1.82, 2.24) is 10.6 Å². The monoisotopic (exact) mass is 478 g/mol. The van der Waals surface area contributed by atoms with Crippen LogP contribution in [0.1, 0.15) is 63.0 Å². The minimum atomic E-state index is -0.917. The van der Waals surface area contributed by atoms with Crippen molar-refractivity contribution in [1.29, 1.82) is 0 Å². The van der Waals surface area contributed by atoms with E-state index in [0.29, 0.717) is 0 Å². The minimum absolute atomic E-state index is 0.00265. The second-order valence-corrected chi connectivity index (χ2v) is 9.99. The number of carboxylic acids is 1. The van der Waals surface area contributed by atoms with Crippen LogP contribution in [-0.2, 0) is 14.3 Å². The molecule has 186 valence electrons. The number of rotatable bonds is 10. The first kappa shape index (κ1) is 24.8. The summed E-state index contributed by atoms with van der Waals surface area (Å²) >= 11 is 0. The predicted octanol–water partition coefficient (Wildman–Crippen LogP) is 4.70. The summed E-state index contributed by atoms with van der Waals surface area (Å²) in [6.45, 7) is 4.07. The lowest BCUT2D eigenvalue weighted by atomic mass is 9.78. The zero-order chi connectivity index (χ0) is 24.9. The Labute approximate surface area is 206 Å². The summed E-state index contributed by atoms with van der Waals surface area (Å²) < 4.78 is 5.64. The lowest BCUT2D eigenvalue weighted by Crippen LogP contribution is -2.48. The Morgan fingerprint density at radius 3 is 2.06 bits per heavy atom. The molecule has 0 saturated heterocycles. The average Bonchev–Trinajstić information content (AvgIpc) is 3.09. The van der Waals surface area contributed by atoms with Gasteiger partial charge in [0.05, 0.1) is 6.42 Å². The number of aliphatic carboxylic acids is 1. The van der Waals surface area contributed by atoms with Crippen molar-refractivity contribution in [3.05, 3.63) is 59.7 Å². The van der Waals surface area contributed by atoms with E-state index in [2.05, 4.69) is 34.9 Å². The molecule has 2 aromatic rings. The van der Waals surface area contributed by atoms with E-state index in [1.807, 2.05) is 38.1 Å². The number of benzene rings is 2. The van der Waals surface area contributed by atoms with Gasteiger partial charge in [0.1, 0.15) is 6.61 Å². The smallest absolute Gasteiger partial charge is 0.407 e. The van der Waals surface area contributed by atoms with Crippen LogP contribution >= 0.6 is 0 Å². The van der Waals surface area contributed by atoms with Gasteiger partial charge in [-0.3, -0.25) is 9.59 Å². The van der Waals surface area contributed by atoms with Crippen LogP contribution in [0, 0.1) is 11.8 Å². The Bertz CT molecular complexity index is 1030. The van der Waals surface area contributed by atoms with Gasteiger partial charge < -0.3 is 20.5 Å². The standard InChI is InChI=1S/C28H34N2O5/c1-17(2)24(14-26(31)29-25(15-27(32)33)18-8-7-9-18)30-28(34)35-16-23-21-12-5-3-10-19(21)20-11-4-6-13-22(20)23/h3-6,10-13,17-18,23-25H,7-9,14-16H2,1-2H3,(H,29,31)(H,30,34)(H,32,33)/t24-,25?/m0/s1. The fourth-order valence-corrected chi connectivity index (χ4v) is 5.08. The molecular formula is C28H34N2O5. The molecule has 2 aliphatic rings. The van der Waals surface area contributed by atoms with Gasteiger partial charge in [-0.15, -0.1) is 0 Å². The molecule has 0 radical (unpaired) electrons. The van der Waals surface area contributed by atoms with Crippen molar-refractivity contribution in [2.75, 3.05) is 6.61 Å². The van der Waals surface area contributed by atoms with E-state index in [4.69, 9.17) is 4.74 Å². The van der Waals surface area contributed by atoms with Crippen molar-refractivity contribution in [2.24, 2.45) is 11.8 Å². The summed E-state index contributed by atoms with van der Waals surface area (Å²) in [6.07, 6.45) is 2.37. The third-order valence-electron chi connectivity index (χ3n) is 7.32. The van der Waals surface area contributed by atoms with E-state index in [1.165, 1.54) is 0 Å². The highest BCUT2D eigenvalue weighted by Crippen LogP contribution is 2.44. The zero-order valence-corrected chi connectivity index (χ0v) is 20.3. The van der Waals surface area contributed by atoms with Gasteiger partial charge in [-0.05, 0) is 46.9 Å². The number of hydrogen-bond acceptors (Lipinski definition) is 4. The topological polar surface area (TPSA) is 105 Å². The maximum absolute atomic E-state index is 12.7. The lowest BCUT2D eigenvalue weighted by molar-refractivity contribution is -0.138. The number of amides is 2. The van der Waals surface area contributed by atoms with Crippen LogP contribution in [0.3, 0.4) is 0 Å². The van der Waals surface area contributed by atoms with Gasteiger partial charge in [-0.1, -0.05) is 68.8 Å². The zero-order valence-electron chi connectivity index (χ0n) is 20.3. The maximum Gasteiger partial charge on any atom is 0.407 e. The maximum atomic E-state index is 12.7. The summed E-state index contributed by atoms with van der Waals surface area (Å²) in [5, 5.41) is 14.9. The number of fused-ring (bicyclic) bond motifs is 3. The molecule has 1 unspecified atom stereocenters. The molecule has 0 spiro atoms. The largest absolute Gasteiger partial charge is 0.481 e. The van der Waals surface area contributed by atoms with Crippen molar-refractivity contribution >= 4 is 18.0 Å². The van der Waals surface area contributed by atoms with Crippen molar-refractivity contribution in [3.8, 4) is 11.1 Å². The van der Waals surface area contributed by atoms with E-state index >= 15 is 0 Å². The molecule has 7 nitrogen and oxygen atoms in total. The Morgan fingerprint density at radius 2 is 1.54 bits per heavy atom. The highest BCUT2D eigenvalue weighted by Gasteiger charge is 2.32. The number of alkyl carbamates (subject to hydrolysis) is 1. The van der Waals surface area contributed by atoms with Gasteiger partial charge in [-0.2, -0.15) is 0 Å². The Hall–Kier alpha value is -3.35. The van der Waals surface area contributed by atoms with E-state index in [-0.39, 0.29) is 49.2 Å². The molecule has 2 aromatic carbocycles. The van der Waals surface area contributed by atoms with Crippen molar-refractivity contribution in [2.45, 2.75) is 64.0 Å². The third kappa shape index (κ3) is 5.84. The van der Waals surface area contributed by atoms with Crippen LogP contribution < -0.4 is 10.6 Å². The molecular weight excluding hydrogens is 444 g/mol. The van der Waals surface area contributed by atoms with Crippen LogP contribution in [-0.4, -0.2) is 41.8 Å². The van der Waals surface area contributed by atoms with Gasteiger partial charge in [0, 0.05) is 24.4 Å².